The van der Waals surface area contributed by atoms with Gasteiger partial charge in [0.1, 0.15) is 11.4 Å². The van der Waals surface area contributed by atoms with E-state index < -0.39 is 0 Å². The highest BCUT2D eigenvalue weighted by atomic mass is 79.9. The number of nitrogens with zero attached hydrogens (tertiary/aromatic N) is 1. The number of fused-ring (bicyclic) bond motifs is 1. The summed E-state index contributed by atoms with van der Waals surface area (Å²) in [4.78, 5) is 27.2. The Kier molecular flexibility index (Phi) is 2.40. The zero-order valence-corrected chi connectivity index (χ0v) is 9.37. The van der Waals surface area contributed by atoms with Crippen LogP contribution in [0.3, 0.4) is 0 Å². The van der Waals surface area contributed by atoms with Crippen molar-refractivity contribution in [3.8, 4) is 5.75 Å². The summed E-state index contributed by atoms with van der Waals surface area (Å²) >= 11 is 3.03. The standard InChI is InChI=1S/C10H6BrNO3/c1-15-7-2-3-12-9-6(13)4-5(11)10(14)8(7)9/h2-4H,1H3. The molecular weight excluding hydrogens is 262 g/mol. The van der Waals surface area contributed by atoms with Gasteiger partial charge in [-0.05, 0) is 22.0 Å². The third-order valence-corrected chi connectivity index (χ3v) is 2.66. The lowest BCUT2D eigenvalue weighted by atomic mass is 9.99. The molecule has 0 amide bonds. The first-order chi connectivity index (χ1) is 7.15. The van der Waals surface area contributed by atoms with Crippen LogP contribution < -0.4 is 4.74 Å². The van der Waals surface area contributed by atoms with E-state index in [2.05, 4.69) is 20.9 Å². The van der Waals surface area contributed by atoms with Crippen molar-refractivity contribution < 1.29 is 14.3 Å². The Morgan fingerprint density at radius 2 is 2.13 bits per heavy atom. The molecule has 0 aliphatic heterocycles. The van der Waals surface area contributed by atoms with E-state index in [-0.39, 0.29) is 27.3 Å². The van der Waals surface area contributed by atoms with Gasteiger partial charge in [0.05, 0.1) is 17.2 Å². The smallest absolute Gasteiger partial charge is 0.206 e. The number of aromatic nitrogens is 1. The maximum Gasteiger partial charge on any atom is 0.206 e. The highest BCUT2D eigenvalue weighted by Crippen LogP contribution is 2.29. The minimum atomic E-state index is -0.296. The first-order valence-electron chi connectivity index (χ1n) is 4.14. The van der Waals surface area contributed by atoms with Crippen molar-refractivity contribution in [2.24, 2.45) is 0 Å². The summed E-state index contributed by atoms with van der Waals surface area (Å²) in [6.45, 7) is 0. The van der Waals surface area contributed by atoms with E-state index >= 15 is 0 Å². The normalized spacial score (nSPS) is 14.7. The van der Waals surface area contributed by atoms with E-state index in [4.69, 9.17) is 4.74 Å². The summed E-state index contributed by atoms with van der Waals surface area (Å²) in [6, 6.07) is 1.55. The van der Waals surface area contributed by atoms with Crippen molar-refractivity contribution >= 4 is 27.5 Å². The van der Waals surface area contributed by atoms with Crippen LogP contribution in [0, 0.1) is 0 Å². The summed E-state index contributed by atoms with van der Waals surface area (Å²) in [6.07, 6.45) is 2.66. The molecule has 15 heavy (non-hydrogen) atoms. The van der Waals surface area contributed by atoms with Crippen LogP contribution in [-0.2, 0) is 0 Å². The molecule has 0 saturated carbocycles. The molecule has 2 rings (SSSR count). The molecule has 0 radical (unpaired) electrons. The van der Waals surface area contributed by atoms with Crippen LogP contribution in [0.4, 0.5) is 0 Å². The van der Waals surface area contributed by atoms with Crippen molar-refractivity contribution in [2.45, 2.75) is 0 Å². The van der Waals surface area contributed by atoms with E-state index in [0.717, 1.165) is 0 Å². The molecule has 1 aromatic rings. The van der Waals surface area contributed by atoms with E-state index in [0.29, 0.717) is 5.75 Å². The number of ketones is 2. The first kappa shape index (κ1) is 10.0. The van der Waals surface area contributed by atoms with Crippen molar-refractivity contribution in [2.75, 3.05) is 7.11 Å². The second kappa shape index (κ2) is 3.58. The molecule has 0 unspecified atom stereocenters. The van der Waals surface area contributed by atoms with Gasteiger partial charge in [0.2, 0.25) is 11.6 Å². The number of pyridine rings is 1. The van der Waals surface area contributed by atoms with E-state index in [1.54, 1.807) is 6.07 Å². The first-order valence-corrected chi connectivity index (χ1v) is 4.93. The fourth-order valence-electron chi connectivity index (χ4n) is 1.39. The fraction of sp³-hybridized carbons (Fsp3) is 0.100. The van der Waals surface area contributed by atoms with E-state index in [9.17, 15) is 9.59 Å². The van der Waals surface area contributed by atoms with E-state index in [1.165, 1.54) is 19.4 Å². The summed E-state index contributed by atoms with van der Waals surface area (Å²) < 4.78 is 5.25. The number of allylic oxidation sites excluding steroid dienone is 2. The molecule has 76 valence electrons. The van der Waals surface area contributed by atoms with Gasteiger partial charge in [-0.25, -0.2) is 0 Å². The molecular formula is C10H6BrNO3. The number of carbonyl (C=O) groups excluding carboxylic acids is 2. The van der Waals surface area contributed by atoms with Crippen molar-refractivity contribution in [1.29, 1.82) is 0 Å². The summed E-state index contributed by atoms with van der Waals surface area (Å²) in [5.74, 6) is -0.215. The minimum Gasteiger partial charge on any atom is -0.496 e. The molecule has 1 heterocycles. The van der Waals surface area contributed by atoms with Crippen LogP contribution in [-0.4, -0.2) is 23.7 Å². The van der Waals surface area contributed by atoms with Gasteiger partial charge in [0.25, 0.3) is 0 Å². The van der Waals surface area contributed by atoms with Crippen LogP contribution in [0.5, 0.6) is 5.75 Å². The lowest BCUT2D eigenvalue weighted by Gasteiger charge is -2.13. The van der Waals surface area contributed by atoms with Gasteiger partial charge in [-0.2, -0.15) is 0 Å². The third kappa shape index (κ3) is 1.48. The van der Waals surface area contributed by atoms with Gasteiger partial charge in [0.15, 0.2) is 0 Å². The van der Waals surface area contributed by atoms with Crippen molar-refractivity contribution in [1.82, 2.24) is 4.98 Å². The van der Waals surface area contributed by atoms with Gasteiger partial charge in [0, 0.05) is 12.3 Å². The molecule has 1 aliphatic carbocycles. The van der Waals surface area contributed by atoms with Crippen molar-refractivity contribution in [3.63, 3.8) is 0 Å². The number of Topliss-reactive ketones (excluding diaryl/α,β-unsaturated/α-hetero) is 1. The predicted molar refractivity (Wildman–Crippen MR) is 56.5 cm³/mol. The van der Waals surface area contributed by atoms with Gasteiger partial charge in [-0.1, -0.05) is 0 Å². The number of hydrogen-bond acceptors (Lipinski definition) is 4. The maximum absolute atomic E-state index is 11.8. The summed E-state index contributed by atoms with van der Waals surface area (Å²) in [7, 11) is 1.44. The molecule has 0 fully saturated rings. The Labute approximate surface area is 94.1 Å². The Bertz CT molecular complexity index is 493. The number of hydrogen-bond donors (Lipinski definition) is 0. The van der Waals surface area contributed by atoms with Crippen LogP contribution in [0.15, 0.2) is 22.8 Å². The second-order valence-corrected chi connectivity index (χ2v) is 3.78. The molecule has 0 saturated heterocycles. The lowest BCUT2D eigenvalue weighted by Crippen LogP contribution is -2.17. The number of ether oxygens (including phenoxy) is 1. The maximum atomic E-state index is 11.8. The van der Waals surface area contributed by atoms with Crippen LogP contribution in [0.2, 0.25) is 0 Å². The highest BCUT2D eigenvalue weighted by Gasteiger charge is 2.28. The second-order valence-electron chi connectivity index (χ2n) is 2.92. The van der Waals surface area contributed by atoms with Crippen LogP contribution in [0.1, 0.15) is 20.8 Å². The number of rotatable bonds is 1. The third-order valence-electron chi connectivity index (χ3n) is 2.07. The van der Waals surface area contributed by atoms with Gasteiger partial charge in [-0.15, -0.1) is 0 Å². The molecule has 5 heteroatoms. The summed E-state index contributed by atoms with van der Waals surface area (Å²) in [5, 5.41) is 0. The van der Waals surface area contributed by atoms with Crippen molar-refractivity contribution in [3.05, 3.63) is 34.1 Å². The average molecular weight is 268 g/mol. The topological polar surface area (TPSA) is 56.3 Å². The molecule has 1 aromatic heterocycles. The zero-order valence-electron chi connectivity index (χ0n) is 7.78. The van der Waals surface area contributed by atoms with Gasteiger partial charge in [-0.3, -0.25) is 14.6 Å². The quantitative estimate of drug-likeness (QED) is 0.778. The average Bonchev–Trinajstić information content (AvgIpc) is 2.25. The van der Waals surface area contributed by atoms with Crippen LogP contribution >= 0.6 is 15.9 Å². The van der Waals surface area contributed by atoms with Gasteiger partial charge >= 0.3 is 0 Å². The zero-order chi connectivity index (χ0) is 11.0. The Balaban J connectivity index is 2.72. The molecule has 4 nitrogen and oxygen atoms in total. The Hall–Kier alpha value is -1.49. The Morgan fingerprint density at radius 1 is 1.40 bits per heavy atom. The molecule has 0 N–H and O–H groups in total. The lowest BCUT2D eigenvalue weighted by molar-refractivity contribution is 0.0985. The molecule has 1 aliphatic rings. The predicted octanol–water partition coefficient (Wildman–Crippen LogP) is 1.75. The van der Waals surface area contributed by atoms with E-state index in [1.807, 2.05) is 0 Å². The number of halogens is 1. The minimum absolute atomic E-state index is 0.141. The molecule has 0 spiro atoms. The molecule has 0 bridgehead atoms. The van der Waals surface area contributed by atoms with Gasteiger partial charge < -0.3 is 4.74 Å². The Morgan fingerprint density at radius 3 is 2.80 bits per heavy atom. The molecule has 0 aromatic carbocycles. The monoisotopic (exact) mass is 267 g/mol. The number of carbonyl (C=O) groups is 2. The highest BCUT2D eigenvalue weighted by molar-refractivity contribution is 9.12. The largest absolute Gasteiger partial charge is 0.496 e. The van der Waals surface area contributed by atoms with Crippen LogP contribution in [0.25, 0.3) is 0 Å². The number of methoxy groups -OCH3 is 1. The SMILES string of the molecule is COc1ccnc2c1C(=O)C(Br)=CC2=O. The molecule has 0 atom stereocenters. The summed E-state index contributed by atoms with van der Waals surface area (Å²) in [5.41, 5.74) is 0.363. The fourth-order valence-corrected chi connectivity index (χ4v) is 1.80.